The van der Waals surface area contributed by atoms with E-state index in [2.05, 4.69) is 41.3 Å². The molecule has 0 unspecified atom stereocenters. The standard InChI is InChI=1S/C19H38INO/c1-3-5-17-21(18-6-4-2)19(22)15-13-11-9-7-8-10-12-14-16-20/h3-18H2,1-2H3. The van der Waals surface area contributed by atoms with Gasteiger partial charge in [0.1, 0.15) is 0 Å². The highest BCUT2D eigenvalue weighted by atomic mass is 127. The van der Waals surface area contributed by atoms with Crippen molar-refractivity contribution >= 4 is 28.5 Å². The summed E-state index contributed by atoms with van der Waals surface area (Å²) >= 11 is 2.46. The molecule has 0 aliphatic rings. The van der Waals surface area contributed by atoms with Gasteiger partial charge in [0.15, 0.2) is 0 Å². The number of rotatable bonds is 16. The second kappa shape index (κ2) is 17.6. The maximum atomic E-state index is 12.3. The number of hydrogen-bond donors (Lipinski definition) is 0. The fourth-order valence-corrected chi connectivity index (χ4v) is 3.19. The van der Waals surface area contributed by atoms with Crippen LogP contribution in [0.25, 0.3) is 0 Å². The number of carbonyl (C=O) groups excluding carboxylic acids is 1. The number of nitrogens with zero attached hydrogens (tertiary/aromatic N) is 1. The molecule has 0 rings (SSSR count). The molecule has 132 valence electrons. The number of carbonyl (C=O) groups is 1. The fourth-order valence-electron chi connectivity index (χ4n) is 2.65. The predicted octanol–water partition coefficient (Wildman–Crippen LogP) is 6.36. The summed E-state index contributed by atoms with van der Waals surface area (Å²) in [6, 6.07) is 0. The van der Waals surface area contributed by atoms with Crippen LogP contribution < -0.4 is 0 Å². The molecule has 0 spiro atoms. The van der Waals surface area contributed by atoms with E-state index in [1.807, 2.05) is 0 Å². The van der Waals surface area contributed by atoms with Crippen LogP contribution in [-0.4, -0.2) is 28.3 Å². The van der Waals surface area contributed by atoms with Gasteiger partial charge in [0, 0.05) is 19.5 Å². The topological polar surface area (TPSA) is 20.3 Å². The third-order valence-electron chi connectivity index (χ3n) is 4.19. The summed E-state index contributed by atoms with van der Waals surface area (Å²) in [4.78, 5) is 14.4. The van der Waals surface area contributed by atoms with Crippen molar-refractivity contribution in [3.05, 3.63) is 0 Å². The Labute approximate surface area is 152 Å². The molecule has 3 heteroatoms. The maximum Gasteiger partial charge on any atom is 0.222 e. The van der Waals surface area contributed by atoms with Crippen molar-refractivity contribution in [2.24, 2.45) is 0 Å². The third-order valence-corrected chi connectivity index (χ3v) is 4.95. The molecule has 22 heavy (non-hydrogen) atoms. The van der Waals surface area contributed by atoms with Crippen LogP contribution in [-0.2, 0) is 4.79 Å². The van der Waals surface area contributed by atoms with Gasteiger partial charge in [-0.3, -0.25) is 4.79 Å². The van der Waals surface area contributed by atoms with Gasteiger partial charge in [0.25, 0.3) is 0 Å². The van der Waals surface area contributed by atoms with E-state index in [9.17, 15) is 4.79 Å². The van der Waals surface area contributed by atoms with E-state index in [1.54, 1.807) is 0 Å². The van der Waals surface area contributed by atoms with Gasteiger partial charge in [-0.2, -0.15) is 0 Å². The Balaban J connectivity index is 3.61. The Morgan fingerprint density at radius 2 is 1.18 bits per heavy atom. The quantitative estimate of drug-likeness (QED) is 0.161. The van der Waals surface area contributed by atoms with Gasteiger partial charge in [-0.05, 0) is 30.1 Å². The van der Waals surface area contributed by atoms with Crippen molar-refractivity contribution in [3.63, 3.8) is 0 Å². The molecule has 1 amide bonds. The van der Waals surface area contributed by atoms with E-state index < -0.39 is 0 Å². The number of hydrogen-bond acceptors (Lipinski definition) is 1. The lowest BCUT2D eigenvalue weighted by atomic mass is 10.1. The molecule has 0 saturated heterocycles. The van der Waals surface area contributed by atoms with Gasteiger partial charge in [0.05, 0.1) is 0 Å². The summed E-state index contributed by atoms with van der Waals surface area (Å²) in [5, 5.41) is 0. The first kappa shape index (κ1) is 22.2. The number of halogens is 1. The third kappa shape index (κ3) is 13.8. The monoisotopic (exact) mass is 423 g/mol. The number of alkyl halides is 1. The molecular weight excluding hydrogens is 385 g/mol. The Hall–Kier alpha value is 0.200. The lowest BCUT2D eigenvalue weighted by molar-refractivity contribution is -0.131. The van der Waals surface area contributed by atoms with Crippen LogP contribution in [0.2, 0.25) is 0 Å². The lowest BCUT2D eigenvalue weighted by Gasteiger charge is -2.22. The molecular formula is C19H38INO. The summed E-state index contributed by atoms with van der Waals surface area (Å²) in [6.07, 6.45) is 15.9. The smallest absolute Gasteiger partial charge is 0.222 e. The predicted molar refractivity (Wildman–Crippen MR) is 107 cm³/mol. The molecule has 0 radical (unpaired) electrons. The molecule has 0 aliphatic heterocycles. The molecule has 0 atom stereocenters. The highest BCUT2D eigenvalue weighted by Crippen LogP contribution is 2.11. The van der Waals surface area contributed by atoms with Gasteiger partial charge in [-0.15, -0.1) is 0 Å². The number of amides is 1. The minimum atomic E-state index is 0.393. The van der Waals surface area contributed by atoms with Crippen LogP contribution in [0.5, 0.6) is 0 Å². The zero-order valence-corrected chi connectivity index (χ0v) is 17.2. The van der Waals surface area contributed by atoms with Gasteiger partial charge >= 0.3 is 0 Å². The van der Waals surface area contributed by atoms with Crippen molar-refractivity contribution in [2.45, 2.75) is 97.3 Å². The number of unbranched alkanes of at least 4 members (excludes halogenated alkanes) is 9. The molecule has 2 nitrogen and oxygen atoms in total. The normalized spacial score (nSPS) is 10.9. The minimum Gasteiger partial charge on any atom is -0.343 e. The second-order valence-corrected chi connectivity index (χ2v) is 7.43. The SMILES string of the molecule is CCCCN(CCCC)C(=O)CCCCCCCCCCI. The van der Waals surface area contributed by atoms with E-state index in [0.29, 0.717) is 5.91 Å². The van der Waals surface area contributed by atoms with Crippen LogP contribution in [0.1, 0.15) is 97.3 Å². The van der Waals surface area contributed by atoms with Crippen LogP contribution in [0.15, 0.2) is 0 Å². The Morgan fingerprint density at radius 3 is 1.64 bits per heavy atom. The summed E-state index contributed by atoms with van der Waals surface area (Å²) in [7, 11) is 0. The molecule has 0 bridgehead atoms. The fraction of sp³-hybridized carbons (Fsp3) is 0.947. The second-order valence-electron chi connectivity index (χ2n) is 6.36. The largest absolute Gasteiger partial charge is 0.343 e. The van der Waals surface area contributed by atoms with Crippen LogP contribution in [0, 0.1) is 0 Å². The van der Waals surface area contributed by atoms with Crippen LogP contribution in [0.4, 0.5) is 0 Å². The highest BCUT2D eigenvalue weighted by Gasteiger charge is 2.11. The molecule has 0 heterocycles. The van der Waals surface area contributed by atoms with Crippen LogP contribution >= 0.6 is 22.6 Å². The van der Waals surface area contributed by atoms with Gasteiger partial charge in [-0.1, -0.05) is 87.8 Å². The molecule has 0 aromatic heterocycles. The van der Waals surface area contributed by atoms with Gasteiger partial charge in [-0.25, -0.2) is 0 Å². The van der Waals surface area contributed by atoms with Crippen molar-refractivity contribution < 1.29 is 4.79 Å². The molecule has 0 aliphatic carbocycles. The summed E-state index contributed by atoms with van der Waals surface area (Å²) < 4.78 is 1.30. The Bertz CT molecular complexity index is 238. The maximum absolute atomic E-state index is 12.3. The highest BCUT2D eigenvalue weighted by molar-refractivity contribution is 14.1. The Kier molecular flexibility index (Phi) is 17.7. The summed E-state index contributed by atoms with van der Waals surface area (Å²) in [5.41, 5.74) is 0. The Morgan fingerprint density at radius 1 is 0.727 bits per heavy atom. The first-order valence-corrected chi connectivity index (χ1v) is 11.1. The first-order valence-electron chi connectivity index (χ1n) is 9.60. The molecule has 0 N–H and O–H groups in total. The zero-order valence-electron chi connectivity index (χ0n) is 15.0. The van der Waals surface area contributed by atoms with Crippen molar-refractivity contribution in [3.8, 4) is 0 Å². The summed E-state index contributed by atoms with van der Waals surface area (Å²) in [5.74, 6) is 0.393. The zero-order chi connectivity index (χ0) is 16.5. The van der Waals surface area contributed by atoms with E-state index in [-0.39, 0.29) is 0 Å². The average Bonchev–Trinajstić information content (AvgIpc) is 2.53. The average molecular weight is 423 g/mol. The minimum absolute atomic E-state index is 0.393. The molecule has 0 aromatic rings. The van der Waals surface area contributed by atoms with Gasteiger partial charge in [0.2, 0.25) is 5.91 Å². The van der Waals surface area contributed by atoms with Crippen LogP contribution in [0.3, 0.4) is 0 Å². The summed E-state index contributed by atoms with van der Waals surface area (Å²) in [6.45, 7) is 6.32. The lowest BCUT2D eigenvalue weighted by Crippen LogP contribution is -2.32. The van der Waals surface area contributed by atoms with E-state index in [0.717, 1.165) is 38.8 Å². The van der Waals surface area contributed by atoms with Crippen molar-refractivity contribution in [2.75, 3.05) is 17.5 Å². The molecule has 0 fully saturated rings. The van der Waals surface area contributed by atoms with Gasteiger partial charge < -0.3 is 4.90 Å². The van der Waals surface area contributed by atoms with Crippen molar-refractivity contribution in [1.82, 2.24) is 4.90 Å². The van der Waals surface area contributed by atoms with E-state index in [1.165, 1.54) is 62.2 Å². The van der Waals surface area contributed by atoms with Crippen molar-refractivity contribution in [1.29, 1.82) is 0 Å². The van der Waals surface area contributed by atoms with E-state index in [4.69, 9.17) is 0 Å². The molecule has 0 saturated carbocycles. The van der Waals surface area contributed by atoms with E-state index >= 15 is 0 Å². The first-order chi connectivity index (χ1) is 10.8. The molecule has 0 aromatic carbocycles.